The predicted molar refractivity (Wildman–Crippen MR) is 106 cm³/mol. The summed E-state index contributed by atoms with van der Waals surface area (Å²) in [7, 11) is 3.27. The van der Waals surface area contributed by atoms with Crippen molar-refractivity contribution in [2.45, 2.75) is 0 Å². The highest BCUT2D eigenvalue weighted by atomic mass is 16.5. The quantitative estimate of drug-likeness (QED) is 0.481. The van der Waals surface area contributed by atoms with Crippen LogP contribution in [-0.2, 0) is 0 Å². The molecule has 27 heavy (non-hydrogen) atoms. The fraction of sp³-hybridized carbons (Fsp3) is 0.200. The van der Waals surface area contributed by atoms with Crippen molar-refractivity contribution in [3.8, 4) is 11.5 Å². The molecule has 0 spiro atoms. The lowest BCUT2D eigenvalue weighted by Gasteiger charge is -2.11. The first-order valence-corrected chi connectivity index (χ1v) is 8.61. The van der Waals surface area contributed by atoms with Gasteiger partial charge in [0, 0.05) is 42.4 Å². The highest BCUT2D eigenvalue weighted by molar-refractivity contribution is 6.05. The first-order chi connectivity index (χ1) is 13.3. The van der Waals surface area contributed by atoms with Crippen LogP contribution in [-0.4, -0.2) is 37.3 Å². The zero-order valence-electron chi connectivity index (χ0n) is 15.2. The number of anilines is 2. The topological polar surface area (TPSA) is 81.4 Å². The minimum atomic E-state index is 0.655. The minimum absolute atomic E-state index is 0.655. The number of fused-ring (bicyclic) bond motifs is 3. The average molecular weight is 364 g/mol. The number of hydrogen-bond acceptors (Lipinski definition) is 7. The van der Waals surface area contributed by atoms with Crippen molar-refractivity contribution in [2.75, 3.05) is 37.9 Å². The van der Waals surface area contributed by atoms with Gasteiger partial charge in [-0.3, -0.25) is 0 Å². The van der Waals surface area contributed by atoms with Crippen molar-refractivity contribution in [3.05, 3.63) is 48.8 Å². The third-order valence-electron chi connectivity index (χ3n) is 4.26. The van der Waals surface area contributed by atoms with Gasteiger partial charge in [-0.05, 0) is 12.1 Å². The van der Waals surface area contributed by atoms with Crippen molar-refractivity contribution in [2.24, 2.45) is 0 Å². The van der Waals surface area contributed by atoms with Gasteiger partial charge < -0.3 is 24.5 Å². The Kier molecular flexibility index (Phi) is 4.65. The van der Waals surface area contributed by atoms with E-state index in [4.69, 9.17) is 13.9 Å². The molecule has 7 heteroatoms. The smallest absolute Gasteiger partial charge is 0.196 e. The summed E-state index contributed by atoms with van der Waals surface area (Å²) in [5, 5.41) is 7.63. The summed E-state index contributed by atoms with van der Waals surface area (Å²) in [6.07, 6.45) is 1.55. The van der Waals surface area contributed by atoms with Crippen LogP contribution in [0.4, 0.5) is 11.5 Å². The molecule has 2 aromatic heterocycles. The molecule has 0 bridgehead atoms. The standard InChI is InChI=1S/C20H20N4O3/c1-25-14-9-13(10-15(11-14)26-2)21-7-8-22-20-19-18(23-12-24-20)16-5-3-4-6-17(16)27-19/h3-6,9-12,21H,7-8H2,1-2H3,(H,22,23,24). The molecular formula is C20H20N4O3. The second-order valence-electron chi connectivity index (χ2n) is 5.95. The predicted octanol–water partition coefficient (Wildman–Crippen LogP) is 3.92. The summed E-state index contributed by atoms with van der Waals surface area (Å²) in [6, 6.07) is 13.5. The van der Waals surface area contributed by atoms with Crippen LogP contribution in [0.15, 0.2) is 53.2 Å². The van der Waals surface area contributed by atoms with E-state index in [9.17, 15) is 0 Å². The van der Waals surface area contributed by atoms with Gasteiger partial charge in [0.2, 0.25) is 0 Å². The Hall–Kier alpha value is -3.48. The Morgan fingerprint density at radius 2 is 1.67 bits per heavy atom. The number of aromatic nitrogens is 2. The molecule has 0 saturated heterocycles. The summed E-state index contributed by atoms with van der Waals surface area (Å²) in [6.45, 7) is 1.34. The van der Waals surface area contributed by atoms with Gasteiger partial charge >= 0.3 is 0 Å². The lowest BCUT2D eigenvalue weighted by molar-refractivity contribution is 0.394. The molecular weight excluding hydrogens is 344 g/mol. The number of methoxy groups -OCH3 is 2. The summed E-state index contributed by atoms with van der Waals surface area (Å²) in [5.41, 5.74) is 3.21. The van der Waals surface area contributed by atoms with E-state index in [1.54, 1.807) is 20.5 Å². The third-order valence-corrected chi connectivity index (χ3v) is 4.26. The Morgan fingerprint density at radius 3 is 2.44 bits per heavy atom. The summed E-state index contributed by atoms with van der Waals surface area (Å²) < 4.78 is 16.5. The number of nitrogens with zero attached hydrogens (tertiary/aromatic N) is 2. The number of rotatable bonds is 7. The zero-order chi connectivity index (χ0) is 18.6. The van der Waals surface area contributed by atoms with Gasteiger partial charge in [0.1, 0.15) is 28.9 Å². The van der Waals surface area contributed by atoms with Crippen LogP contribution in [0.1, 0.15) is 0 Å². The van der Waals surface area contributed by atoms with E-state index in [1.807, 2.05) is 42.5 Å². The van der Waals surface area contributed by atoms with Crippen molar-refractivity contribution in [1.29, 1.82) is 0 Å². The minimum Gasteiger partial charge on any atom is -0.497 e. The van der Waals surface area contributed by atoms with Gasteiger partial charge in [-0.1, -0.05) is 12.1 Å². The Morgan fingerprint density at radius 1 is 0.926 bits per heavy atom. The van der Waals surface area contributed by atoms with E-state index >= 15 is 0 Å². The molecule has 4 aromatic rings. The van der Waals surface area contributed by atoms with Crippen LogP contribution in [0.25, 0.3) is 22.1 Å². The molecule has 4 rings (SSSR count). The number of nitrogens with one attached hydrogen (secondary N) is 2. The molecule has 0 atom stereocenters. The second-order valence-corrected chi connectivity index (χ2v) is 5.95. The normalized spacial score (nSPS) is 10.9. The summed E-state index contributed by atoms with van der Waals surface area (Å²) >= 11 is 0. The van der Waals surface area contributed by atoms with E-state index in [0.717, 1.165) is 33.7 Å². The molecule has 0 aliphatic rings. The molecule has 0 saturated carbocycles. The van der Waals surface area contributed by atoms with E-state index in [-0.39, 0.29) is 0 Å². The molecule has 0 amide bonds. The zero-order valence-corrected chi connectivity index (χ0v) is 15.2. The molecule has 2 N–H and O–H groups in total. The van der Waals surface area contributed by atoms with Crippen molar-refractivity contribution < 1.29 is 13.9 Å². The largest absolute Gasteiger partial charge is 0.497 e. The lowest BCUT2D eigenvalue weighted by atomic mass is 10.2. The molecule has 0 aliphatic heterocycles. The Bertz CT molecular complexity index is 1060. The number of furan rings is 1. The first kappa shape index (κ1) is 17.0. The van der Waals surface area contributed by atoms with Crippen LogP contribution in [0.5, 0.6) is 11.5 Å². The van der Waals surface area contributed by atoms with Gasteiger partial charge in [0.25, 0.3) is 0 Å². The summed E-state index contributed by atoms with van der Waals surface area (Å²) in [5.74, 6) is 2.16. The Labute approximate surface area is 156 Å². The lowest BCUT2D eigenvalue weighted by Crippen LogP contribution is -2.14. The number of hydrogen-bond donors (Lipinski definition) is 2. The monoisotopic (exact) mass is 364 g/mol. The maximum absolute atomic E-state index is 5.92. The molecule has 7 nitrogen and oxygen atoms in total. The SMILES string of the molecule is COc1cc(NCCNc2ncnc3c2oc2ccccc23)cc(OC)c1. The number of para-hydroxylation sites is 1. The number of ether oxygens (including phenoxy) is 2. The molecule has 0 aliphatic carbocycles. The van der Waals surface area contributed by atoms with Gasteiger partial charge in [0.05, 0.1) is 14.2 Å². The van der Waals surface area contributed by atoms with Gasteiger partial charge in [-0.15, -0.1) is 0 Å². The van der Waals surface area contributed by atoms with E-state index in [1.165, 1.54) is 0 Å². The van der Waals surface area contributed by atoms with Crippen LogP contribution in [0, 0.1) is 0 Å². The van der Waals surface area contributed by atoms with Gasteiger partial charge in [-0.2, -0.15) is 0 Å². The summed E-state index contributed by atoms with van der Waals surface area (Å²) in [4.78, 5) is 8.67. The first-order valence-electron chi connectivity index (χ1n) is 8.61. The molecule has 0 radical (unpaired) electrons. The maximum Gasteiger partial charge on any atom is 0.196 e. The Balaban J connectivity index is 1.45. The highest BCUT2D eigenvalue weighted by Gasteiger charge is 2.12. The fourth-order valence-electron chi connectivity index (χ4n) is 2.95. The van der Waals surface area contributed by atoms with E-state index in [2.05, 4.69) is 20.6 Å². The second kappa shape index (κ2) is 7.41. The van der Waals surface area contributed by atoms with Crippen LogP contribution in [0.3, 0.4) is 0 Å². The molecule has 0 fully saturated rings. The van der Waals surface area contributed by atoms with Crippen molar-refractivity contribution >= 4 is 33.6 Å². The third kappa shape index (κ3) is 3.44. The van der Waals surface area contributed by atoms with Crippen molar-refractivity contribution in [3.63, 3.8) is 0 Å². The molecule has 0 unspecified atom stereocenters. The molecule has 2 heterocycles. The van der Waals surface area contributed by atoms with Crippen LogP contribution >= 0.6 is 0 Å². The highest BCUT2D eigenvalue weighted by Crippen LogP contribution is 2.30. The van der Waals surface area contributed by atoms with Crippen LogP contribution in [0.2, 0.25) is 0 Å². The fourth-order valence-corrected chi connectivity index (χ4v) is 2.95. The van der Waals surface area contributed by atoms with Crippen LogP contribution < -0.4 is 20.1 Å². The number of benzene rings is 2. The van der Waals surface area contributed by atoms with E-state index in [0.29, 0.717) is 24.5 Å². The molecule has 138 valence electrons. The van der Waals surface area contributed by atoms with Gasteiger partial charge in [0.15, 0.2) is 11.4 Å². The van der Waals surface area contributed by atoms with E-state index < -0.39 is 0 Å². The molecule has 2 aromatic carbocycles. The van der Waals surface area contributed by atoms with Crippen molar-refractivity contribution in [1.82, 2.24) is 9.97 Å². The maximum atomic E-state index is 5.92. The van der Waals surface area contributed by atoms with Gasteiger partial charge in [-0.25, -0.2) is 9.97 Å². The average Bonchev–Trinajstić information content (AvgIpc) is 3.10.